The summed E-state index contributed by atoms with van der Waals surface area (Å²) in [6, 6.07) is 16.3. The maximum Gasteiger partial charge on any atom is 0.0542 e. The van der Waals surface area contributed by atoms with Crippen LogP contribution in [0, 0.1) is 0 Å². The van der Waals surface area contributed by atoms with Crippen molar-refractivity contribution in [2.75, 3.05) is 26.2 Å². The van der Waals surface area contributed by atoms with E-state index < -0.39 is 0 Å². The van der Waals surface area contributed by atoms with Gasteiger partial charge in [0.05, 0.1) is 6.21 Å². The first-order chi connectivity index (χ1) is 11.2. The monoisotopic (exact) mass is 391 g/mol. The summed E-state index contributed by atoms with van der Waals surface area (Å²) in [6.45, 7) is 4.95. The van der Waals surface area contributed by atoms with Gasteiger partial charge in [-0.3, -0.25) is 9.91 Å². The first-order valence-electron chi connectivity index (χ1n) is 7.70. The highest BCUT2D eigenvalue weighted by Crippen LogP contribution is 2.13. The second-order valence-electron chi connectivity index (χ2n) is 5.65. The van der Waals surface area contributed by atoms with Gasteiger partial charge >= 0.3 is 0 Å². The van der Waals surface area contributed by atoms with Crippen molar-refractivity contribution in [3.8, 4) is 0 Å². The van der Waals surface area contributed by atoms with Gasteiger partial charge in [0.1, 0.15) is 0 Å². The van der Waals surface area contributed by atoms with Crippen molar-refractivity contribution in [2.45, 2.75) is 6.54 Å². The zero-order valence-electron chi connectivity index (χ0n) is 12.8. The van der Waals surface area contributed by atoms with Gasteiger partial charge in [-0.15, -0.1) is 0 Å². The topological polar surface area (TPSA) is 18.8 Å². The van der Waals surface area contributed by atoms with E-state index in [1.807, 2.05) is 30.5 Å². The molecule has 1 aliphatic rings. The van der Waals surface area contributed by atoms with E-state index in [1.54, 1.807) is 0 Å². The molecule has 5 heteroatoms. The molecule has 120 valence electrons. The molecule has 0 unspecified atom stereocenters. The number of hydrogen-bond acceptors (Lipinski definition) is 3. The SMILES string of the molecule is Clc1ccc(CN2CCN(/N=C/c3ccc(Br)cc3)CC2)cc1. The Hall–Kier alpha value is -1.36. The third-order valence-electron chi connectivity index (χ3n) is 3.91. The Kier molecular flexibility index (Phi) is 5.70. The fourth-order valence-electron chi connectivity index (χ4n) is 2.56. The maximum atomic E-state index is 5.93. The van der Waals surface area contributed by atoms with E-state index in [4.69, 9.17) is 11.6 Å². The maximum absolute atomic E-state index is 5.93. The molecule has 0 spiro atoms. The van der Waals surface area contributed by atoms with Crippen LogP contribution < -0.4 is 0 Å². The van der Waals surface area contributed by atoms with E-state index in [0.717, 1.165) is 47.8 Å². The van der Waals surface area contributed by atoms with Gasteiger partial charge in [-0.2, -0.15) is 5.10 Å². The van der Waals surface area contributed by atoms with Gasteiger partial charge in [-0.25, -0.2) is 0 Å². The first kappa shape index (κ1) is 16.5. The van der Waals surface area contributed by atoms with Gasteiger partial charge in [-0.05, 0) is 35.4 Å². The van der Waals surface area contributed by atoms with Crippen LogP contribution in [-0.2, 0) is 6.54 Å². The van der Waals surface area contributed by atoms with Crippen LogP contribution >= 0.6 is 27.5 Å². The Balaban J connectivity index is 1.48. The highest BCUT2D eigenvalue weighted by Gasteiger charge is 2.15. The Bertz CT molecular complexity index is 647. The molecule has 0 aromatic heterocycles. The highest BCUT2D eigenvalue weighted by atomic mass is 79.9. The number of halogens is 2. The molecule has 3 rings (SSSR count). The van der Waals surface area contributed by atoms with Crippen LogP contribution in [0.15, 0.2) is 58.1 Å². The molecule has 0 amide bonds. The highest BCUT2D eigenvalue weighted by molar-refractivity contribution is 9.10. The van der Waals surface area contributed by atoms with Crippen molar-refractivity contribution in [2.24, 2.45) is 5.10 Å². The molecule has 2 aromatic carbocycles. The number of hydrazone groups is 1. The van der Waals surface area contributed by atoms with Crippen LogP contribution in [0.4, 0.5) is 0 Å². The normalized spacial score (nSPS) is 16.2. The second kappa shape index (κ2) is 7.95. The number of benzene rings is 2. The summed E-state index contributed by atoms with van der Waals surface area (Å²) in [7, 11) is 0. The Morgan fingerprint density at radius 1 is 0.957 bits per heavy atom. The molecule has 1 heterocycles. The van der Waals surface area contributed by atoms with Crippen molar-refractivity contribution < 1.29 is 0 Å². The average molecular weight is 393 g/mol. The summed E-state index contributed by atoms with van der Waals surface area (Å²) in [6.07, 6.45) is 1.93. The van der Waals surface area contributed by atoms with E-state index in [2.05, 4.69) is 55.2 Å². The van der Waals surface area contributed by atoms with Crippen molar-refractivity contribution in [1.82, 2.24) is 9.91 Å². The Morgan fingerprint density at radius 3 is 2.26 bits per heavy atom. The van der Waals surface area contributed by atoms with Gasteiger partial charge in [0.15, 0.2) is 0 Å². The van der Waals surface area contributed by atoms with E-state index in [0.29, 0.717) is 0 Å². The minimum absolute atomic E-state index is 0.792. The number of rotatable bonds is 4. The molecule has 0 atom stereocenters. The largest absolute Gasteiger partial charge is 0.295 e. The number of piperazine rings is 1. The summed E-state index contributed by atoms with van der Waals surface area (Å²) < 4.78 is 1.09. The molecule has 0 radical (unpaired) electrons. The zero-order valence-corrected chi connectivity index (χ0v) is 15.2. The quantitative estimate of drug-likeness (QED) is 0.724. The molecule has 1 saturated heterocycles. The average Bonchev–Trinajstić information content (AvgIpc) is 2.58. The summed E-state index contributed by atoms with van der Waals surface area (Å²) in [5, 5.41) is 7.52. The fourth-order valence-corrected chi connectivity index (χ4v) is 2.95. The molecular formula is C18H19BrClN3. The minimum atomic E-state index is 0.792. The summed E-state index contributed by atoms with van der Waals surface area (Å²) in [4.78, 5) is 2.45. The molecular weight excluding hydrogens is 374 g/mol. The van der Waals surface area contributed by atoms with Crippen LogP contribution in [0.1, 0.15) is 11.1 Å². The summed E-state index contributed by atoms with van der Waals surface area (Å²) >= 11 is 9.37. The number of hydrogen-bond donors (Lipinski definition) is 0. The fraction of sp³-hybridized carbons (Fsp3) is 0.278. The lowest BCUT2D eigenvalue weighted by atomic mass is 10.2. The van der Waals surface area contributed by atoms with Gasteiger partial charge < -0.3 is 0 Å². The van der Waals surface area contributed by atoms with Gasteiger partial charge in [-0.1, -0.05) is 51.8 Å². The van der Waals surface area contributed by atoms with Crippen molar-refractivity contribution in [3.05, 3.63) is 69.2 Å². The smallest absolute Gasteiger partial charge is 0.0542 e. The Morgan fingerprint density at radius 2 is 1.61 bits per heavy atom. The van der Waals surface area contributed by atoms with E-state index in [-0.39, 0.29) is 0 Å². The third kappa shape index (κ3) is 5.06. The van der Waals surface area contributed by atoms with Gasteiger partial charge in [0, 0.05) is 42.2 Å². The van der Waals surface area contributed by atoms with E-state index in [9.17, 15) is 0 Å². The van der Waals surface area contributed by atoms with Gasteiger partial charge in [0.2, 0.25) is 0 Å². The lowest BCUT2D eigenvalue weighted by Crippen LogP contribution is -2.43. The van der Waals surface area contributed by atoms with Crippen molar-refractivity contribution in [3.63, 3.8) is 0 Å². The van der Waals surface area contributed by atoms with Crippen molar-refractivity contribution in [1.29, 1.82) is 0 Å². The summed E-state index contributed by atoms with van der Waals surface area (Å²) in [5.41, 5.74) is 2.43. The molecule has 1 fully saturated rings. The molecule has 0 saturated carbocycles. The minimum Gasteiger partial charge on any atom is -0.295 e. The lowest BCUT2D eigenvalue weighted by molar-refractivity contribution is 0.131. The Labute approximate surface area is 150 Å². The van der Waals surface area contributed by atoms with Crippen LogP contribution in [0.3, 0.4) is 0 Å². The molecule has 1 aliphatic heterocycles. The predicted molar refractivity (Wildman–Crippen MR) is 100 cm³/mol. The van der Waals surface area contributed by atoms with Crippen LogP contribution in [0.25, 0.3) is 0 Å². The molecule has 0 N–H and O–H groups in total. The van der Waals surface area contributed by atoms with Crippen LogP contribution in [-0.4, -0.2) is 42.3 Å². The standard InChI is InChI=1S/C18H19BrClN3/c19-17-5-1-15(2-6-17)13-21-23-11-9-22(10-12-23)14-16-3-7-18(20)8-4-16/h1-8,13H,9-12,14H2/b21-13+. The van der Waals surface area contributed by atoms with Gasteiger partial charge in [0.25, 0.3) is 0 Å². The van der Waals surface area contributed by atoms with E-state index >= 15 is 0 Å². The van der Waals surface area contributed by atoms with Crippen LogP contribution in [0.2, 0.25) is 5.02 Å². The molecule has 2 aromatic rings. The first-order valence-corrected chi connectivity index (χ1v) is 8.87. The van der Waals surface area contributed by atoms with Crippen molar-refractivity contribution >= 4 is 33.7 Å². The van der Waals surface area contributed by atoms with E-state index in [1.165, 1.54) is 5.56 Å². The zero-order chi connectivity index (χ0) is 16.1. The molecule has 0 aliphatic carbocycles. The molecule has 0 bridgehead atoms. The van der Waals surface area contributed by atoms with Crippen LogP contribution in [0.5, 0.6) is 0 Å². The predicted octanol–water partition coefficient (Wildman–Crippen LogP) is 4.25. The lowest BCUT2D eigenvalue weighted by Gasteiger charge is -2.33. The second-order valence-corrected chi connectivity index (χ2v) is 7.00. The summed E-state index contributed by atoms with van der Waals surface area (Å²) in [5.74, 6) is 0. The molecule has 23 heavy (non-hydrogen) atoms. The third-order valence-corrected chi connectivity index (χ3v) is 4.69. The molecule has 3 nitrogen and oxygen atoms in total. The number of nitrogens with zero attached hydrogens (tertiary/aromatic N) is 3.